The van der Waals surface area contributed by atoms with Crippen LogP contribution in [0.3, 0.4) is 0 Å². The Kier molecular flexibility index (Phi) is 8.91. The molecule has 0 radical (unpaired) electrons. The first kappa shape index (κ1) is 22.6. The van der Waals surface area contributed by atoms with E-state index < -0.39 is 12.1 Å². The van der Waals surface area contributed by atoms with Gasteiger partial charge in [-0.15, -0.1) is 0 Å². The molecule has 27 heavy (non-hydrogen) atoms. The van der Waals surface area contributed by atoms with Crippen LogP contribution in [0, 0.1) is 5.92 Å². The molecule has 0 aliphatic heterocycles. The molecule has 0 bridgehead atoms. The number of benzene rings is 1. The average Bonchev–Trinajstić information content (AvgIpc) is 2.60. The number of amides is 2. The van der Waals surface area contributed by atoms with Crippen molar-refractivity contribution in [2.75, 3.05) is 14.2 Å². The Morgan fingerprint density at radius 1 is 1.00 bits per heavy atom. The van der Waals surface area contributed by atoms with Gasteiger partial charge in [0.25, 0.3) is 0 Å². The van der Waals surface area contributed by atoms with Crippen molar-refractivity contribution in [2.45, 2.75) is 59.2 Å². The van der Waals surface area contributed by atoms with Gasteiger partial charge in [-0.2, -0.15) is 0 Å². The van der Waals surface area contributed by atoms with Crippen molar-refractivity contribution < 1.29 is 23.8 Å². The van der Waals surface area contributed by atoms with Gasteiger partial charge in [0, 0.05) is 0 Å². The first-order valence-electron chi connectivity index (χ1n) is 9.17. The summed E-state index contributed by atoms with van der Waals surface area (Å²) in [7, 11) is 2.85. The van der Waals surface area contributed by atoms with Crippen molar-refractivity contribution in [3.05, 3.63) is 23.8 Å². The molecule has 7 nitrogen and oxygen atoms in total. The van der Waals surface area contributed by atoms with Crippen LogP contribution in [0.4, 0.5) is 4.79 Å². The summed E-state index contributed by atoms with van der Waals surface area (Å²) in [6.07, 6.45) is -0.0821. The average molecular weight is 380 g/mol. The van der Waals surface area contributed by atoms with Gasteiger partial charge < -0.3 is 24.8 Å². The molecule has 0 aliphatic carbocycles. The zero-order valence-electron chi connectivity index (χ0n) is 17.3. The van der Waals surface area contributed by atoms with E-state index in [2.05, 4.69) is 15.4 Å². The first-order valence-corrected chi connectivity index (χ1v) is 9.17. The molecule has 0 aliphatic rings. The second kappa shape index (κ2) is 10.6. The number of methoxy groups -OCH3 is 2. The minimum absolute atomic E-state index is 0.0306. The number of carbonyl (C=O) groups is 2. The van der Waals surface area contributed by atoms with E-state index in [-0.39, 0.29) is 24.0 Å². The quantitative estimate of drug-likeness (QED) is 0.685. The van der Waals surface area contributed by atoms with Gasteiger partial charge in [0.15, 0.2) is 11.5 Å². The summed E-state index contributed by atoms with van der Waals surface area (Å²) in [5, 5.41) is 5.53. The van der Waals surface area contributed by atoms with Crippen LogP contribution in [0.2, 0.25) is 0 Å². The largest absolute Gasteiger partial charge is 0.493 e. The third-order valence-electron chi connectivity index (χ3n) is 3.91. The van der Waals surface area contributed by atoms with Gasteiger partial charge in [-0.3, -0.25) is 4.79 Å². The molecule has 2 N–H and O–H groups in total. The number of nitrogens with one attached hydrogen (secondary N) is 2. The fourth-order valence-corrected chi connectivity index (χ4v) is 2.61. The highest BCUT2D eigenvalue weighted by atomic mass is 16.5. The van der Waals surface area contributed by atoms with Crippen LogP contribution in [0.25, 0.3) is 0 Å². The minimum atomic E-state index is -0.662. The lowest BCUT2D eigenvalue weighted by molar-refractivity contribution is -0.124. The maximum absolute atomic E-state index is 12.6. The zero-order chi connectivity index (χ0) is 20.6. The molecule has 0 fully saturated rings. The van der Waals surface area contributed by atoms with Crippen molar-refractivity contribution in [1.82, 2.24) is 10.6 Å². The molecular weight excluding hydrogens is 348 g/mol. The second-order valence-corrected chi connectivity index (χ2v) is 7.13. The standard InChI is InChI=1S/C20H32N2O5/c1-12(2)10-16(22-20(24)26-7)19(23)21-14(5)15-8-9-17(27-13(3)4)18(11-15)25-6/h8-9,11-14,16H,10H2,1-7H3,(H,21,23)(H,22,24). The maximum atomic E-state index is 12.6. The molecule has 0 spiro atoms. The monoisotopic (exact) mass is 380 g/mol. The van der Waals surface area contributed by atoms with Crippen LogP contribution in [-0.4, -0.2) is 38.4 Å². The minimum Gasteiger partial charge on any atom is -0.493 e. The zero-order valence-corrected chi connectivity index (χ0v) is 17.3. The van der Waals surface area contributed by atoms with Crippen molar-refractivity contribution >= 4 is 12.0 Å². The number of hydrogen-bond donors (Lipinski definition) is 2. The number of rotatable bonds is 9. The Hall–Kier alpha value is -2.44. The van der Waals surface area contributed by atoms with Crippen LogP contribution in [0.15, 0.2) is 18.2 Å². The van der Waals surface area contributed by atoms with Gasteiger partial charge in [0.2, 0.25) is 5.91 Å². The molecule has 2 atom stereocenters. The molecule has 1 aromatic carbocycles. The van der Waals surface area contributed by atoms with Crippen LogP contribution in [0.1, 0.15) is 52.6 Å². The molecule has 0 saturated heterocycles. The summed E-state index contributed by atoms with van der Waals surface area (Å²) < 4.78 is 15.7. The normalized spacial score (nSPS) is 13.1. The summed E-state index contributed by atoms with van der Waals surface area (Å²) in [6.45, 7) is 9.74. The molecule has 2 unspecified atom stereocenters. The van der Waals surface area contributed by atoms with Crippen LogP contribution >= 0.6 is 0 Å². The lowest BCUT2D eigenvalue weighted by Gasteiger charge is -2.23. The summed E-state index contributed by atoms with van der Waals surface area (Å²) in [4.78, 5) is 24.2. The predicted octanol–water partition coefficient (Wildman–Crippen LogP) is 3.43. The fourth-order valence-electron chi connectivity index (χ4n) is 2.61. The Morgan fingerprint density at radius 3 is 2.19 bits per heavy atom. The highest BCUT2D eigenvalue weighted by Gasteiger charge is 2.24. The van der Waals surface area contributed by atoms with Gasteiger partial charge in [-0.25, -0.2) is 4.79 Å². The van der Waals surface area contributed by atoms with Crippen LogP contribution in [-0.2, 0) is 9.53 Å². The van der Waals surface area contributed by atoms with Crippen molar-refractivity contribution in [3.8, 4) is 11.5 Å². The molecule has 0 heterocycles. The molecule has 1 rings (SSSR count). The first-order chi connectivity index (χ1) is 12.7. The van der Waals surface area contributed by atoms with Gasteiger partial charge in [-0.1, -0.05) is 19.9 Å². The third kappa shape index (κ3) is 7.37. The maximum Gasteiger partial charge on any atom is 0.407 e. The second-order valence-electron chi connectivity index (χ2n) is 7.13. The van der Waals surface area contributed by atoms with Gasteiger partial charge in [0.1, 0.15) is 6.04 Å². The molecule has 2 amide bonds. The van der Waals surface area contributed by atoms with E-state index in [1.54, 1.807) is 7.11 Å². The number of ether oxygens (including phenoxy) is 3. The molecule has 0 aromatic heterocycles. The van der Waals surface area contributed by atoms with Crippen molar-refractivity contribution in [1.29, 1.82) is 0 Å². The third-order valence-corrected chi connectivity index (χ3v) is 3.91. The highest BCUT2D eigenvalue weighted by molar-refractivity contribution is 5.85. The Balaban J connectivity index is 2.89. The summed E-state index contributed by atoms with van der Waals surface area (Å²) in [5.74, 6) is 1.23. The van der Waals surface area contributed by atoms with E-state index in [0.717, 1.165) is 5.56 Å². The van der Waals surface area contributed by atoms with Gasteiger partial charge >= 0.3 is 6.09 Å². The summed E-state index contributed by atoms with van der Waals surface area (Å²) in [6, 6.07) is 4.62. The van der Waals surface area contributed by atoms with E-state index in [9.17, 15) is 9.59 Å². The molecular formula is C20H32N2O5. The Morgan fingerprint density at radius 2 is 1.67 bits per heavy atom. The molecule has 0 saturated carbocycles. The lowest BCUT2D eigenvalue weighted by Crippen LogP contribution is -2.47. The van der Waals surface area contributed by atoms with E-state index in [0.29, 0.717) is 17.9 Å². The van der Waals surface area contributed by atoms with E-state index in [1.165, 1.54) is 7.11 Å². The van der Waals surface area contributed by atoms with Gasteiger partial charge in [0.05, 0.1) is 26.4 Å². The topological polar surface area (TPSA) is 85.9 Å². The Bertz CT molecular complexity index is 631. The summed E-state index contributed by atoms with van der Waals surface area (Å²) >= 11 is 0. The van der Waals surface area contributed by atoms with E-state index in [4.69, 9.17) is 9.47 Å². The number of hydrogen-bond acceptors (Lipinski definition) is 5. The van der Waals surface area contributed by atoms with Crippen LogP contribution in [0.5, 0.6) is 11.5 Å². The van der Waals surface area contributed by atoms with Crippen LogP contribution < -0.4 is 20.1 Å². The van der Waals surface area contributed by atoms with E-state index in [1.807, 2.05) is 52.8 Å². The van der Waals surface area contributed by atoms with Crippen molar-refractivity contribution in [3.63, 3.8) is 0 Å². The van der Waals surface area contributed by atoms with E-state index >= 15 is 0 Å². The smallest absolute Gasteiger partial charge is 0.407 e. The Labute approximate surface area is 161 Å². The van der Waals surface area contributed by atoms with Crippen molar-refractivity contribution in [2.24, 2.45) is 5.92 Å². The summed E-state index contributed by atoms with van der Waals surface area (Å²) in [5.41, 5.74) is 0.873. The molecule has 1 aromatic rings. The molecule has 152 valence electrons. The van der Waals surface area contributed by atoms with Gasteiger partial charge in [-0.05, 0) is 50.8 Å². The highest BCUT2D eigenvalue weighted by Crippen LogP contribution is 2.31. The number of alkyl carbamates (subject to hydrolysis) is 1. The lowest BCUT2D eigenvalue weighted by atomic mass is 10.0. The fraction of sp³-hybridized carbons (Fsp3) is 0.600. The number of carbonyl (C=O) groups excluding carboxylic acids is 2. The molecule has 7 heteroatoms. The SMILES string of the molecule is COC(=O)NC(CC(C)C)C(=O)NC(C)c1ccc(OC(C)C)c(OC)c1. The predicted molar refractivity (Wildman–Crippen MR) is 104 cm³/mol.